The number of nitrogens with one attached hydrogen (secondary N) is 1. The van der Waals surface area contributed by atoms with Crippen LogP contribution in [0.5, 0.6) is 0 Å². The van der Waals surface area contributed by atoms with E-state index in [0.29, 0.717) is 22.5 Å². The zero-order valence-corrected chi connectivity index (χ0v) is 11.7. The predicted molar refractivity (Wildman–Crippen MR) is 78.0 cm³/mol. The summed E-state index contributed by atoms with van der Waals surface area (Å²) in [6.07, 6.45) is 5.46. The Kier molecular flexibility index (Phi) is 4.17. The van der Waals surface area contributed by atoms with Crippen molar-refractivity contribution in [2.24, 2.45) is 0 Å². The first-order chi connectivity index (χ1) is 8.61. The molecule has 0 bridgehead atoms. The van der Waals surface area contributed by atoms with Gasteiger partial charge in [-0.3, -0.25) is 4.79 Å². The third-order valence-electron chi connectivity index (χ3n) is 3.59. The van der Waals surface area contributed by atoms with E-state index in [1.54, 1.807) is 6.07 Å². The van der Waals surface area contributed by atoms with Crippen LogP contribution in [0.15, 0.2) is 18.2 Å². The van der Waals surface area contributed by atoms with Crippen LogP contribution in [0.4, 0.5) is 5.69 Å². The second kappa shape index (κ2) is 5.65. The molecule has 98 valence electrons. The van der Waals surface area contributed by atoms with Gasteiger partial charge >= 0.3 is 0 Å². The Morgan fingerprint density at radius 1 is 1.44 bits per heavy atom. The standard InChI is InChI=1S/C14H20N2OS/c1-9-4-3-5-12(15)13(9)14(17)16-10-6-7-11(8-10)18-2/h3-5,10-11H,6-8,15H2,1-2H3,(H,16,17). The summed E-state index contributed by atoms with van der Waals surface area (Å²) in [5, 5.41) is 3.79. The van der Waals surface area contributed by atoms with E-state index in [-0.39, 0.29) is 5.91 Å². The molecular weight excluding hydrogens is 244 g/mol. The molecule has 0 radical (unpaired) electrons. The fraction of sp³-hybridized carbons (Fsp3) is 0.500. The molecule has 4 heteroatoms. The van der Waals surface area contributed by atoms with Crippen molar-refractivity contribution >= 4 is 23.4 Å². The highest BCUT2D eigenvalue weighted by Gasteiger charge is 2.26. The monoisotopic (exact) mass is 264 g/mol. The Morgan fingerprint density at radius 3 is 2.83 bits per heavy atom. The highest BCUT2D eigenvalue weighted by atomic mass is 32.2. The van der Waals surface area contributed by atoms with E-state index in [4.69, 9.17) is 5.73 Å². The Balaban J connectivity index is 2.04. The van der Waals surface area contributed by atoms with Gasteiger partial charge in [0.1, 0.15) is 0 Å². The maximum absolute atomic E-state index is 12.2. The van der Waals surface area contributed by atoms with Gasteiger partial charge in [-0.2, -0.15) is 11.8 Å². The molecule has 2 rings (SSSR count). The lowest BCUT2D eigenvalue weighted by Crippen LogP contribution is -2.34. The minimum absolute atomic E-state index is 0.0302. The van der Waals surface area contributed by atoms with Gasteiger partial charge in [-0.25, -0.2) is 0 Å². The Bertz CT molecular complexity index is 427. The largest absolute Gasteiger partial charge is 0.398 e. The molecule has 1 aromatic carbocycles. The van der Waals surface area contributed by atoms with Crippen LogP contribution in [0.3, 0.4) is 0 Å². The minimum atomic E-state index is -0.0302. The van der Waals surface area contributed by atoms with Crippen LogP contribution in [0.25, 0.3) is 0 Å². The third kappa shape index (κ3) is 2.80. The number of aryl methyl sites for hydroxylation is 1. The van der Waals surface area contributed by atoms with Crippen LogP contribution in [-0.2, 0) is 0 Å². The molecule has 18 heavy (non-hydrogen) atoms. The van der Waals surface area contributed by atoms with Gasteiger partial charge in [0.25, 0.3) is 5.91 Å². The number of nitrogen functional groups attached to an aromatic ring is 1. The molecule has 1 saturated carbocycles. The van der Waals surface area contributed by atoms with Crippen molar-refractivity contribution in [3.63, 3.8) is 0 Å². The number of carbonyl (C=O) groups is 1. The average molecular weight is 264 g/mol. The van der Waals surface area contributed by atoms with E-state index >= 15 is 0 Å². The molecular formula is C14H20N2OS. The first-order valence-corrected chi connectivity index (χ1v) is 7.59. The summed E-state index contributed by atoms with van der Waals surface area (Å²) in [5.74, 6) is -0.0302. The van der Waals surface area contributed by atoms with Gasteiger partial charge < -0.3 is 11.1 Å². The van der Waals surface area contributed by atoms with Crippen molar-refractivity contribution in [2.75, 3.05) is 12.0 Å². The van der Waals surface area contributed by atoms with Crippen molar-refractivity contribution in [1.29, 1.82) is 0 Å². The van der Waals surface area contributed by atoms with Gasteiger partial charge in [-0.15, -0.1) is 0 Å². The molecule has 3 nitrogen and oxygen atoms in total. The highest BCUT2D eigenvalue weighted by molar-refractivity contribution is 7.99. The summed E-state index contributed by atoms with van der Waals surface area (Å²) in [5.41, 5.74) is 8.01. The van der Waals surface area contributed by atoms with Crippen LogP contribution in [-0.4, -0.2) is 23.5 Å². The summed E-state index contributed by atoms with van der Waals surface area (Å²) < 4.78 is 0. The fourth-order valence-electron chi connectivity index (χ4n) is 2.54. The smallest absolute Gasteiger partial charge is 0.253 e. The topological polar surface area (TPSA) is 55.1 Å². The quantitative estimate of drug-likeness (QED) is 0.825. The number of hydrogen-bond acceptors (Lipinski definition) is 3. The summed E-state index contributed by atoms with van der Waals surface area (Å²) in [7, 11) is 0. The first-order valence-electron chi connectivity index (χ1n) is 6.30. The molecule has 0 aromatic heterocycles. The van der Waals surface area contributed by atoms with E-state index in [1.807, 2.05) is 30.8 Å². The lowest BCUT2D eigenvalue weighted by molar-refractivity contribution is 0.0938. The van der Waals surface area contributed by atoms with Gasteiger partial charge in [-0.1, -0.05) is 12.1 Å². The van der Waals surface area contributed by atoms with E-state index < -0.39 is 0 Å². The van der Waals surface area contributed by atoms with Crippen LogP contribution in [0, 0.1) is 6.92 Å². The summed E-state index contributed by atoms with van der Waals surface area (Å²) in [6, 6.07) is 5.88. The van der Waals surface area contributed by atoms with E-state index in [0.717, 1.165) is 18.4 Å². The molecule has 1 aromatic rings. The number of amides is 1. The fourth-order valence-corrected chi connectivity index (χ4v) is 3.34. The second-order valence-corrected chi connectivity index (χ2v) is 6.02. The van der Waals surface area contributed by atoms with Gasteiger partial charge in [0, 0.05) is 17.0 Å². The summed E-state index contributed by atoms with van der Waals surface area (Å²) in [6.45, 7) is 1.92. The van der Waals surface area contributed by atoms with Crippen LogP contribution in [0.1, 0.15) is 35.2 Å². The van der Waals surface area contributed by atoms with Crippen molar-refractivity contribution in [2.45, 2.75) is 37.5 Å². The normalized spacial score (nSPS) is 23.0. The number of benzene rings is 1. The SMILES string of the molecule is CSC1CCC(NC(=O)c2c(C)cccc2N)C1. The number of hydrogen-bond donors (Lipinski definition) is 2. The average Bonchev–Trinajstić information content (AvgIpc) is 2.76. The maximum atomic E-state index is 12.2. The van der Waals surface area contributed by atoms with Gasteiger partial charge in [0.2, 0.25) is 0 Å². The third-order valence-corrected chi connectivity index (χ3v) is 4.68. The highest BCUT2D eigenvalue weighted by Crippen LogP contribution is 2.28. The molecule has 3 N–H and O–H groups in total. The first kappa shape index (κ1) is 13.3. The number of rotatable bonds is 3. The lowest BCUT2D eigenvalue weighted by Gasteiger charge is -2.15. The molecule has 0 spiro atoms. The van der Waals surface area contributed by atoms with E-state index in [9.17, 15) is 4.79 Å². The molecule has 2 atom stereocenters. The van der Waals surface area contributed by atoms with Crippen molar-refractivity contribution < 1.29 is 4.79 Å². The number of nitrogens with two attached hydrogens (primary N) is 1. The number of anilines is 1. The number of carbonyl (C=O) groups excluding carboxylic acids is 1. The zero-order valence-electron chi connectivity index (χ0n) is 10.9. The van der Waals surface area contributed by atoms with Crippen LogP contribution >= 0.6 is 11.8 Å². The van der Waals surface area contributed by atoms with Crippen molar-refractivity contribution in [3.8, 4) is 0 Å². The molecule has 1 amide bonds. The minimum Gasteiger partial charge on any atom is -0.398 e. The maximum Gasteiger partial charge on any atom is 0.253 e. The Hall–Kier alpha value is -1.16. The molecule has 1 aliphatic carbocycles. The summed E-state index contributed by atoms with van der Waals surface area (Å²) >= 11 is 1.89. The second-order valence-electron chi connectivity index (χ2n) is 4.88. The van der Waals surface area contributed by atoms with E-state index in [2.05, 4.69) is 11.6 Å². The molecule has 0 saturated heterocycles. The van der Waals surface area contributed by atoms with E-state index in [1.165, 1.54) is 6.42 Å². The number of thioether (sulfide) groups is 1. The molecule has 0 heterocycles. The van der Waals surface area contributed by atoms with Gasteiger partial charge in [-0.05, 0) is 44.1 Å². The lowest BCUT2D eigenvalue weighted by atomic mass is 10.1. The zero-order chi connectivity index (χ0) is 13.1. The van der Waals surface area contributed by atoms with Gasteiger partial charge in [0.05, 0.1) is 5.56 Å². The van der Waals surface area contributed by atoms with Crippen molar-refractivity contribution in [3.05, 3.63) is 29.3 Å². The molecule has 2 unspecified atom stereocenters. The molecule has 0 aliphatic heterocycles. The summed E-state index contributed by atoms with van der Waals surface area (Å²) in [4.78, 5) is 12.2. The van der Waals surface area contributed by atoms with Crippen LogP contribution < -0.4 is 11.1 Å². The molecule has 1 aliphatic rings. The van der Waals surface area contributed by atoms with Crippen LogP contribution in [0.2, 0.25) is 0 Å². The predicted octanol–water partition coefficient (Wildman–Crippen LogP) is 2.59. The Morgan fingerprint density at radius 2 is 2.22 bits per heavy atom. The molecule has 1 fully saturated rings. The van der Waals surface area contributed by atoms with Crippen molar-refractivity contribution in [1.82, 2.24) is 5.32 Å². The Labute approximate surface area is 113 Å². The van der Waals surface area contributed by atoms with Gasteiger partial charge in [0.15, 0.2) is 0 Å².